The Morgan fingerprint density at radius 2 is 0.744 bits per heavy atom. The fraction of sp³-hybridized carbons (Fsp3) is 0.767. The van der Waals surface area contributed by atoms with Crippen molar-refractivity contribution in [2.24, 2.45) is 0 Å². The van der Waals surface area contributed by atoms with Crippen LogP contribution in [0.25, 0.3) is 0 Å². The minimum atomic E-state index is -4.37. The minimum Gasteiger partial charge on any atom is -0.387 e. The highest BCUT2D eigenvalue weighted by atomic mass is 31.2. The van der Waals surface area contributed by atoms with Crippen LogP contribution in [-0.4, -0.2) is 73.4 Å². The van der Waals surface area contributed by atoms with E-state index in [0.29, 0.717) is 17.4 Å². The molecule has 3 N–H and O–H groups in total. The molecule has 0 saturated heterocycles. The van der Waals surface area contributed by atoms with Gasteiger partial charge in [-0.25, -0.2) is 4.57 Å². The fourth-order valence-electron chi connectivity index (χ4n) is 9.93. The lowest BCUT2D eigenvalue weighted by Gasteiger charge is -2.25. The monoisotopic (exact) mass is 1170 g/mol. The van der Waals surface area contributed by atoms with E-state index in [0.717, 1.165) is 77.0 Å². The van der Waals surface area contributed by atoms with Gasteiger partial charge in [0.1, 0.15) is 13.2 Å². The predicted molar refractivity (Wildman–Crippen MR) is 359 cm³/mol. The summed E-state index contributed by atoms with van der Waals surface area (Å²) in [7, 11) is 1.55. The molecule has 0 heterocycles. The molecule has 9 heteroatoms. The number of carbonyl (C=O) groups is 1. The number of hydrogen-bond acceptors (Lipinski definition) is 5. The second-order valence-corrected chi connectivity index (χ2v) is 26.0. The summed E-state index contributed by atoms with van der Waals surface area (Å²) in [5.74, 6) is -0.188. The maximum Gasteiger partial charge on any atom is 0.472 e. The molecule has 1 amide bonds. The van der Waals surface area contributed by atoms with Crippen LogP contribution in [0, 0.1) is 0 Å². The number of hydrogen-bond donors (Lipinski definition) is 3. The molecule has 82 heavy (non-hydrogen) atoms. The fourth-order valence-corrected chi connectivity index (χ4v) is 10.7. The maximum absolute atomic E-state index is 13.0. The lowest BCUT2D eigenvalue weighted by molar-refractivity contribution is -0.870. The first-order valence-corrected chi connectivity index (χ1v) is 36.1. The predicted octanol–water partition coefficient (Wildman–Crippen LogP) is 22.1. The second-order valence-electron chi connectivity index (χ2n) is 24.5. The highest BCUT2D eigenvalue weighted by Gasteiger charge is 2.28. The molecule has 0 aliphatic rings. The van der Waals surface area contributed by atoms with Gasteiger partial charge in [-0.15, -0.1) is 0 Å². The van der Waals surface area contributed by atoms with Gasteiger partial charge in [0.2, 0.25) is 5.91 Å². The van der Waals surface area contributed by atoms with Crippen molar-refractivity contribution in [3.05, 3.63) is 97.2 Å². The number of amides is 1. The van der Waals surface area contributed by atoms with Crippen LogP contribution in [0.4, 0.5) is 0 Å². The molecule has 0 rings (SSSR count). The van der Waals surface area contributed by atoms with Crippen molar-refractivity contribution >= 4 is 13.7 Å². The molecule has 476 valence electrons. The molecule has 0 aliphatic carbocycles. The van der Waals surface area contributed by atoms with E-state index in [-0.39, 0.29) is 19.1 Å². The molecule has 0 aromatic carbocycles. The van der Waals surface area contributed by atoms with Crippen LogP contribution in [0.15, 0.2) is 97.2 Å². The van der Waals surface area contributed by atoms with E-state index in [1.807, 2.05) is 27.2 Å². The van der Waals surface area contributed by atoms with Crippen molar-refractivity contribution in [3.8, 4) is 0 Å². The SMILES string of the molecule is CC/C=C\C/C=C\C/C=C\C/C=C\C/C=C\CCCCCCCCCCCCCCCCCCCCCCCC(=O)NC(COP(=O)(O)OCC[N+](C)(C)C)C(O)/C=C/CC/C=C/CC/C=C/CCCCCCCCCCCCCCC. The smallest absolute Gasteiger partial charge is 0.387 e. The summed E-state index contributed by atoms with van der Waals surface area (Å²) in [5.41, 5.74) is 0. The molecule has 0 fully saturated rings. The number of quaternary nitrogens is 1. The summed E-state index contributed by atoms with van der Waals surface area (Å²) in [6.07, 6.45) is 91.3. The van der Waals surface area contributed by atoms with E-state index < -0.39 is 20.0 Å². The van der Waals surface area contributed by atoms with Crippen LogP contribution in [0.2, 0.25) is 0 Å². The zero-order valence-corrected chi connectivity index (χ0v) is 55.4. The van der Waals surface area contributed by atoms with Crippen molar-refractivity contribution in [1.29, 1.82) is 0 Å². The largest absolute Gasteiger partial charge is 0.472 e. The van der Waals surface area contributed by atoms with Crippen molar-refractivity contribution < 1.29 is 32.9 Å². The zero-order chi connectivity index (χ0) is 59.8. The summed E-state index contributed by atoms with van der Waals surface area (Å²) in [6.45, 7) is 4.70. The van der Waals surface area contributed by atoms with E-state index in [9.17, 15) is 19.4 Å². The molecule has 3 atom stereocenters. The van der Waals surface area contributed by atoms with E-state index in [1.165, 1.54) is 212 Å². The lowest BCUT2D eigenvalue weighted by atomic mass is 10.0. The Balaban J connectivity index is 4.07. The number of unbranched alkanes of at least 4 members (excludes halogenated alkanes) is 36. The summed E-state index contributed by atoms with van der Waals surface area (Å²) in [5, 5.41) is 14.0. The van der Waals surface area contributed by atoms with Crippen LogP contribution in [0.1, 0.15) is 309 Å². The number of nitrogens with zero attached hydrogens (tertiary/aromatic N) is 1. The first kappa shape index (κ1) is 79.4. The first-order chi connectivity index (χ1) is 40.0. The Labute approximate surface area is 509 Å². The molecule has 0 spiro atoms. The molecule has 0 bridgehead atoms. The molecule has 0 radical (unpaired) electrons. The highest BCUT2D eigenvalue weighted by molar-refractivity contribution is 7.47. The molecular weight excluding hydrogens is 1030 g/mol. The standard InChI is InChI=1S/C73H133N2O6P/c1-6-8-10-12-14-16-18-20-22-24-26-28-30-31-32-33-34-35-36-37-38-39-40-41-42-43-45-47-49-51-53-55-57-59-61-63-65-67-73(77)74-71(70-81-82(78,79)80-69-68-75(3,4)5)72(76)66-64-62-60-58-56-54-52-50-48-46-44-29-27-25-23-21-19-17-15-13-11-9-7-2/h8,10,14,16,20,22,26,28,31-32,48,50,56,58,64,66,71-72,76H,6-7,9,11-13,15,17-19,21,23-25,27,29-30,33-47,49,51-55,57,59-63,65,67-70H2,1-5H3,(H-,74,77,78,79)/p+1/b10-8-,16-14-,22-20-,28-26-,32-31-,50-48+,58-56+,66-64+. The third-order valence-corrected chi connectivity index (χ3v) is 16.2. The zero-order valence-electron chi connectivity index (χ0n) is 54.5. The Kier molecular flexibility index (Phi) is 61.0. The first-order valence-electron chi connectivity index (χ1n) is 34.6. The van der Waals surface area contributed by atoms with Crippen LogP contribution in [0.5, 0.6) is 0 Å². The summed E-state index contributed by atoms with van der Waals surface area (Å²) >= 11 is 0. The number of phosphoric acid groups is 1. The number of rotatable bonds is 63. The summed E-state index contributed by atoms with van der Waals surface area (Å²) in [6, 6.07) is -0.874. The molecule has 0 aliphatic heterocycles. The van der Waals surface area contributed by atoms with Crippen molar-refractivity contribution in [2.75, 3.05) is 40.9 Å². The van der Waals surface area contributed by atoms with Gasteiger partial charge < -0.3 is 19.8 Å². The van der Waals surface area contributed by atoms with E-state index in [4.69, 9.17) is 9.05 Å². The highest BCUT2D eigenvalue weighted by Crippen LogP contribution is 2.43. The average Bonchev–Trinajstić information content (AvgIpc) is 3.47. The van der Waals surface area contributed by atoms with E-state index >= 15 is 0 Å². The Morgan fingerprint density at radius 3 is 1.12 bits per heavy atom. The number of carbonyl (C=O) groups excluding carboxylic acids is 1. The molecule has 3 unspecified atom stereocenters. The van der Waals surface area contributed by atoms with Gasteiger partial charge in [0.25, 0.3) is 0 Å². The topological polar surface area (TPSA) is 105 Å². The van der Waals surface area contributed by atoms with E-state index in [2.05, 4.69) is 104 Å². The third-order valence-electron chi connectivity index (χ3n) is 15.3. The van der Waals surface area contributed by atoms with Gasteiger partial charge >= 0.3 is 7.82 Å². The normalized spacial score (nSPS) is 14.3. The average molecular weight is 1170 g/mol. The summed E-state index contributed by atoms with van der Waals surface area (Å²) < 4.78 is 23.8. The van der Waals surface area contributed by atoms with Crippen molar-refractivity contribution in [3.63, 3.8) is 0 Å². The van der Waals surface area contributed by atoms with Crippen molar-refractivity contribution in [1.82, 2.24) is 5.32 Å². The Hall–Kier alpha value is -2.58. The Bertz CT molecular complexity index is 1660. The van der Waals surface area contributed by atoms with Crippen LogP contribution in [0.3, 0.4) is 0 Å². The van der Waals surface area contributed by atoms with Gasteiger partial charge in [0, 0.05) is 6.42 Å². The van der Waals surface area contributed by atoms with Crippen LogP contribution >= 0.6 is 7.82 Å². The number of aliphatic hydroxyl groups is 1. The van der Waals surface area contributed by atoms with Gasteiger partial charge in [0.05, 0.1) is 39.9 Å². The van der Waals surface area contributed by atoms with Gasteiger partial charge in [-0.3, -0.25) is 13.8 Å². The van der Waals surface area contributed by atoms with Crippen molar-refractivity contribution in [2.45, 2.75) is 321 Å². The van der Waals surface area contributed by atoms with Crippen LogP contribution < -0.4 is 5.32 Å². The second kappa shape index (κ2) is 62.9. The quantitative estimate of drug-likeness (QED) is 0.0243. The molecule has 8 nitrogen and oxygen atoms in total. The molecule has 0 aromatic heterocycles. The minimum absolute atomic E-state index is 0.0519. The Morgan fingerprint density at radius 1 is 0.427 bits per heavy atom. The summed E-state index contributed by atoms with van der Waals surface area (Å²) in [4.78, 5) is 23.4. The van der Waals surface area contributed by atoms with Gasteiger partial charge in [0.15, 0.2) is 0 Å². The van der Waals surface area contributed by atoms with Gasteiger partial charge in [-0.05, 0) is 89.9 Å². The van der Waals surface area contributed by atoms with Crippen LogP contribution in [-0.2, 0) is 18.4 Å². The van der Waals surface area contributed by atoms with E-state index in [1.54, 1.807) is 6.08 Å². The molecule has 0 aromatic rings. The molecule has 0 saturated carbocycles. The maximum atomic E-state index is 13.0. The number of likely N-dealkylation sites (N-methyl/N-ethyl adjacent to an activating group) is 1. The molecular formula is C73H134N2O6P+. The van der Waals surface area contributed by atoms with Gasteiger partial charge in [-0.1, -0.05) is 310 Å². The number of aliphatic hydroxyl groups excluding tert-OH is 1. The number of phosphoric ester groups is 1. The number of nitrogens with one attached hydrogen (secondary N) is 1. The number of allylic oxidation sites excluding steroid dienone is 15. The third kappa shape index (κ3) is 65.0. The lowest BCUT2D eigenvalue weighted by Crippen LogP contribution is -2.45. The van der Waals surface area contributed by atoms with Gasteiger partial charge in [-0.2, -0.15) is 0 Å².